The molecule has 3 aromatic heterocycles. The smallest absolute Gasteiger partial charge is 0.224 e. The maximum absolute atomic E-state index is 8.90. The maximum atomic E-state index is 8.90. The van der Waals surface area contributed by atoms with Gasteiger partial charge in [-0.2, -0.15) is 5.26 Å². The average molecular weight is 465 g/mol. The first-order chi connectivity index (χ1) is 15.4. The predicted molar refractivity (Wildman–Crippen MR) is 125 cm³/mol. The largest absolute Gasteiger partial charge is 0.350 e. The standard InChI is InChI=1S/C22H18Cl2N8/c1-12-9-27-21(29-12)17-11-28-22(32-20(17)16-5-4-15(23)7-18(16)24)31-13(2)30-19-6-3-14(8-25)10-26-19/h3-7,9-11,13H,1-2H3,(H,26,30)(H,27,29)(H,28,31,32). The number of rotatable bonds is 6. The van der Waals surface area contributed by atoms with Gasteiger partial charge in [-0.05, 0) is 44.2 Å². The molecule has 3 heterocycles. The molecule has 0 fully saturated rings. The summed E-state index contributed by atoms with van der Waals surface area (Å²) in [4.78, 5) is 21.0. The molecular weight excluding hydrogens is 447 g/mol. The topological polar surface area (TPSA) is 115 Å². The van der Waals surface area contributed by atoms with Crippen molar-refractivity contribution in [2.75, 3.05) is 10.6 Å². The minimum atomic E-state index is -0.249. The first-order valence-electron chi connectivity index (χ1n) is 9.66. The summed E-state index contributed by atoms with van der Waals surface area (Å²) in [6.07, 6.45) is 4.69. The highest BCUT2D eigenvalue weighted by Crippen LogP contribution is 2.35. The molecule has 0 saturated heterocycles. The third-order valence-corrected chi connectivity index (χ3v) is 5.08. The van der Waals surface area contributed by atoms with E-state index >= 15 is 0 Å². The van der Waals surface area contributed by atoms with E-state index in [1.165, 1.54) is 6.20 Å². The summed E-state index contributed by atoms with van der Waals surface area (Å²) in [6, 6.07) is 10.7. The van der Waals surface area contributed by atoms with Crippen LogP contribution in [0, 0.1) is 18.3 Å². The number of aromatic nitrogens is 5. The molecule has 1 unspecified atom stereocenters. The zero-order chi connectivity index (χ0) is 22.7. The molecule has 1 atom stereocenters. The molecule has 10 heteroatoms. The Balaban J connectivity index is 1.65. The second-order valence-electron chi connectivity index (χ2n) is 7.05. The Morgan fingerprint density at radius 3 is 2.50 bits per heavy atom. The van der Waals surface area contributed by atoms with E-state index in [4.69, 9.17) is 33.4 Å². The van der Waals surface area contributed by atoms with Gasteiger partial charge >= 0.3 is 0 Å². The van der Waals surface area contributed by atoms with Gasteiger partial charge in [0.05, 0.1) is 28.0 Å². The van der Waals surface area contributed by atoms with Crippen molar-refractivity contribution in [2.24, 2.45) is 0 Å². The zero-order valence-corrected chi connectivity index (χ0v) is 18.7. The number of hydrogen-bond acceptors (Lipinski definition) is 7. The van der Waals surface area contributed by atoms with E-state index in [0.717, 1.165) is 5.69 Å². The van der Waals surface area contributed by atoms with Crippen molar-refractivity contribution in [2.45, 2.75) is 20.0 Å². The first kappa shape index (κ1) is 21.6. The molecule has 0 aliphatic carbocycles. The lowest BCUT2D eigenvalue weighted by molar-refractivity contribution is 0.881. The van der Waals surface area contributed by atoms with Gasteiger partial charge in [-0.25, -0.2) is 19.9 Å². The lowest BCUT2D eigenvalue weighted by atomic mass is 10.1. The van der Waals surface area contributed by atoms with Crippen LogP contribution in [0.3, 0.4) is 0 Å². The highest BCUT2D eigenvalue weighted by molar-refractivity contribution is 6.36. The fourth-order valence-electron chi connectivity index (χ4n) is 3.06. The quantitative estimate of drug-likeness (QED) is 0.332. The summed E-state index contributed by atoms with van der Waals surface area (Å²) >= 11 is 12.6. The Bertz CT molecular complexity index is 1290. The van der Waals surface area contributed by atoms with Crippen LogP contribution in [0.4, 0.5) is 11.8 Å². The molecule has 8 nitrogen and oxygen atoms in total. The molecule has 4 aromatic rings. The minimum absolute atomic E-state index is 0.249. The number of benzene rings is 1. The van der Waals surface area contributed by atoms with Gasteiger partial charge in [0.1, 0.15) is 17.7 Å². The number of hydrogen-bond donors (Lipinski definition) is 3. The Hall–Kier alpha value is -3.67. The van der Waals surface area contributed by atoms with Crippen LogP contribution in [0.1, 0.15) is 18.2 Å². The fourth-order valence-corrected chi connectivity index (χ4v) is 3.56. The van der Waals surface area contributed by atoms with Gasteiger partial charge in [0.15, 0.2) is 0 Å². The van der Waals surface area contributed by atoms with Gasteiger partial charge in [0.2, 0.25) is 5.95 Å². The molecule has 0 aliphatic rings. The average Bonchev–Trinajstić information content (AvgIpc) is 3.20. The van der Waals surface area contributed by atoms with E-state index in [9.17, 15) is 0 Å². The second-order valence-corrected chi connectivity index (χ2v) is 7.89. The number of H-pyrrole nitrogens is 1. The molecular formula is C22H18Cl2N8. The van der Waals surface area contributed by atoms with Gasteiger partial charge < -0.3 is 15.6 Å². The molecule has 32 heavy (non-hydrogen) atoms. The van der Waals surface area contributed by atoms with Crippen LogP contribution < -0.4 is 10.6 Å². The fraction of sp³-hybridized carbons (Fsp3) is 0.136. The van der Waals surface area contributed by atoms with Crippen molar-refractivity contribution in [3.63, 3.8) is 0 Å². The van der Waals surface area contributed by atoms with Gasteiger partial charge in [-0.15, -0.1) is 0 Å². The summed E-state index contributed by atoms with van der Waals surface area (Å²) in [5.41, 5.74) is 3.44. The summed E-state index contributed by atoms with van der Waals surface area (Å²) < 4.78 is 0. The molecule has 0 radical (unpaired) electrons. The number of pyridine rings is 1. The molecule has 0 saturated carbocycles. The number of nitriles is 1. The van der Waals surface area contributed by atoms with Crippen molar-refractivity contribution in [1.29, 1.82) is 5.26 Å². The molecule has 0 amide bonds. The molecule has 4 rings (SSSR count). The molecule has 0 spiro atoms. The number of aromatic amines is 1. The van der Waals surface area contributed by atoms with E-state index in [-0.39, 0.29) is 6.17 Å². The number of imidazole rings is 1. The van der Waals surface area contributed by atoms with Crippen LogP contribution >= 0.6 is 23.2 Å². The summed E-state index contributed by atoms with van der Waals surface area (Å²) in [5.74, 6) is 1.65. The Kier molecular flexibility index (Phi) is 6.21. The van der Waals surface area contributed by atoms with Crippen molar-refractivity contribution in [3.8, 4) is 28.7 Å². The molecule has 160 valence electrons. The second kappa shape index (κ2) is 9.22. The number of anilines is 2. The van der Waals surface area contributed by atoms with Crippen LogP contribution in [0.5, 0.6) is 0 Å². The van der Waals surface area contributed by atoms with Crippen molar-refractivity contribution in [1.82, 2.24) is 24.9 Å². The van der Waals surface area contributed by atoms with E-state index in [2.05, 4.69) is 30.6 Å². The predicted octanol–water partition coefficient (Wildman–Crippen LogP) is 5.29. The summed E-state index contributed by atoms with van der Waals surface area (Å²) in [7, 11) is 0. The molecule has 0 aliphatic heterocycles. The van der Waals surface area contributed by atoms with Crippen LogP contribution in [-0.4, -0.2) is 31.1 Å². The third-order valence-electron chi connectivity index (χ3n) is 4.54. The molecule has 0 bridgehead atoms. The van der Waals surface area contributed by atoms with E-state index in [1.807, 2.05) is 26.0 Å². The number of halogens is 2. The highest BCUT2D eigenvalue weighted by atomic mass is 35.5. The summed E-state index contributed by atoms with van der Waals surface area (Å²) in [6.45, 7) is 3.83. The maximum Gasteiger partial charge on any atom is 0.224 e. The monoisotopic (exact) mass is 464 g/mol. The van der Waals surface area contributed by atoms with E-state index in [1.54, 1.807) is 36.7 Å². The van der Waals surface area contributed by atoms with Gasteiger partial charge in [0, 0.05) is 34.9 Å². The van der Waals surface area contributed by atoms with Gasteiger partial charge in [-0.3, -0.25) is 0 Å². The lowest BCUT2D eigenvalue weighted by Crippen LogP contribution is -2.26. The van der Waals surface area contributed by atoms with Crippen LogP contribution in [-0.2, 0) is 0 Å². The van der Waals surface area contributed by atoms with Crippen LogP contribution in [0.2, 0.25) is 10.0 Å². The molecule has 3 N–H and O–H groups in total. The minimum Gasteiger partial charge on any atom is -0.350 e. The van der Waals surface area contributed by atoms with E-state index in [0.29, 0.717) is 50.0 Å². The number of nitrogens with one attached hydrogen (secondary N) is 3. The van der Waals surface area contributed by atoms with Crippen LogP contribution in [0.15, 0.2) is 48.9 Å². The van der Waals surface area contributed by atoms with Crippen molar-refractivity contribution >= 4 is 35.0 Å². The SMILES string of the molecule is Cc1cnc(-c2cnc(NC(C)Nc3ccc(C#N)cn3)nc2-c2ccc(Cl)cc2Cl)[nH]1. The third kappa shape index (κ3) is 4.80. The van der Waals surface area contributed by atoms with Crippen LogP contribution in [0.25, 0.3) is 22.6 Å². The molecule has 1 aromatic carbocycles. The number of aryl methyl sites for hydroxylation is 1. The van der Waals surface area contributed by atoms with Gasteiger partial charge in [-0.1, -0.05) is 23.2 Å². The first-order valence-corrected chi connectivity index (χ1v) is 10.4. The van der Waals surface area contributed by atoms with Crippen molar-refractivity contribution < 1.29 is 0 Å². The normalized spacial score (nSPS) is 11.6. The van der Waals surface area contributed by atoms with Crippen molar-refractivity contribution in [3.05, 3.63) is 70.2 Å². The Morgan fingerprint density at radius 1 is 1.00 bits per heavy atom. The summed E-state index contributed by atoms with van der Waals surface area (Å²) in [5, 5.41) is 16.3. The zero-order valence-electron chi connectivity index (χ0n) is 17.2. The van der Waals surface area contributed by atoms with E-state index < -0.39 is 0 Å². The number of nitrogens with zero attached hydrogens (tertiary/aromatic N) is 5. The Labute approximate surface area is 194 Å². The van der Waals surface area contributed by atoms with Gasteiger partial charge in [0.25, 0.3) is 0 Å². The Morgan fingerprint density at radius 2 is 1.84 bits per heavy atom. The highest BCUT2D eigenvalue weighted by Gasteiger charge is 2.17. The lowest BCUT2D eigenvalue weighted by Gasteiger charge is -2.17.